The van der Waals surface area contributed by atoms with E-state index in [-0.39, 0.29) is 12.1 Å². The topological polar surface area (TPSA) is 50.7 Å². The van der Waals surface area contributed by atoms with Crippen LogP contribution in [0.3, 0.4) is 0 Å². The molecule has 2 N–H and O–H groups in total. The molecule has 0 radical (unpaired) electrons. The zero-order chi connectivity index (χ0) is 15.2. The summed E-state index contributed by atoms with van der Waals surface area (Å²) in [6, 6.07) is 6.33. The van der Waals surface area contributed by atoms with Crippen LogP contribution >= 0.6 is 0 Å². The molecule has 3 unspecified atom stereocenters. The number of aliphatic hydroxyl groups excluding tert-OH is 1. The lowest BCUT2D eigenvalue weighted by molar-refractivity contribution is 0.129. The Morgan fingerprint density at radius 1 is 1.24 bits per heavy atom. The molecular formula is C17H27NO3. The average molecular weight is 293 g/mol. The lowest BCUT2D eigenvalue weighted by atomic mass is 10.0. The van der Waals surface area contributed by atoms with Gasteiger partial charge in [-0.3, -0.25) is 0 Å². The number of hydrogen-bond donors (Lipinski definition) is 2. The van der Waals surface area contributed by atoms with Gasteiger partial charge in [0.25, 0.3) is 0 Å². The molecule has 4 nitrogen and oxygen atoms in total. The number of nitrogens with one attached hydrogen (secondary N) is 1. The SMILES string of the molecule is CCC(NCC1CCCC1O)c1ccc(OC)c(OC)c1. The normalized spacial score (nSPS) is 23.0. The summed E-state index contributed by atoms with van der Waals surface area (Å²) in [5.41, 5.74) is 1.20. The smallest absolute Gasteiger partial charge is 0.161 e. The van der Waals surface area contributed by atoms with Crippen molar-refractivity contribution in [2.45, 2.75) is 44.8 Å². The van der Waals surface area contributed by atoms with Gasteiger partial charge in [0.1, 0.15) is 0 Å². The van der Waals surface area contributed by atoms with Crippen LogP contribution in [0.2, 0.25) is 0 Å². The molecule has 0 spiro atoms. The van der Waals surface area contributed by atoms with Gasteiger partial charge in [0, 0.05) is 12.6 Å². The zero-order valence-electron chi connectivity index (χ0n) is 13.3. The van der Waals surface area contributed by atoms with E-state index in [2.05, 4.69) is 18.3 Å². The number of ether oxygens (including phenoxy) is 2. The fourth-order valence-corrected chi connectivity index (χ4v) is 3.12. The third-order valence-corrected chi connectivity index (χ3v) is 4.46. The molecule has 1 aliphatic carbocycles. The van der Waals surface area contributed by atoms with Crippen molar-refractivity contribution in [1.29, 1.82) is 0 Å². The number of benzene rings is 1. The number of methoxy groups -OCH3 is 2. The summed E-state index contributed by atoms with van der Waals surface area (Å²) in [4.78, 5) is 0. The molecule has 0 bridgehead atoms. The fourth-order valence-electron chi connectivity index (χ4n) is 3.12. The number of rotatable bonds is 7. The van der Waals surface area contributed by atoms with E-state index in [1.165, 1.54) is 5.56 Å². The van der Waals surface area contributed by atoms with Gasteiger partial charge in [-0.15, -0.1) is 0 Å². The molecule has 0 aromatic heterocycles. The monoisotopic (exact) mass is 293 g/mol. The highest BCUT2D eigenvalue weighted by Gasteiger charge is 2.25. The Balaban J connectivity index is 2.03. The summed E-state index contributed by atoms with van der Waals surface area (Å²) in [5.74, 6) is 1.90. The van der Waals surface area contributed by atoms with Gasteiger partial charge >= 0.3 is 0 Å². The molecule has 0 amide bonds. The largest absolute Gasteiger partial charge is 0.493 e. The second kappa shape index (κ2) is 7.66. The van der Waals surface area contributed by atoms with E-state index in [9.17, 15) is 5.11 Å². The summed E-state index contributed by atoms with van der Waals surface area (Å²) in [5, 5.41) is 13.5. The highest BCUT2D eigenvalue weighted by atomic mass is 16.5. The molecule has 1 aromatic carbocycles. The van der Waals surface area contributed by atoms with Crippen LogP contribution in [0, 0.1) is 5.92 Å². The van der Waals surface area contributed by atoms with Gasteiger partial charge in [-0.1, -0.05) is 19.4 Å². The van der Waals surface area contributed by atoms with Crippen LogP contribution < -0.4 is 14.8 Å². The maximum Gasteiger partial charge on any atom is 0.161 e. The van der Waals surface area contributed by atoms with Crippen LogP contribution in [0.25, 0.3) is 0 Å². The first-order valence-electron chi connectivity index (χ1n) is 7.83. The van der Waals surface area contributed by atoms with Gasteiger partial charge in [0.2, 0.25) is 0 Å². The van der Waals surface area contributed by atoms with Crippen molar-refractivity contribution in [2.24, 2.45) is 5.92 Å². The lowest BCUT2D eigenvalue weighted by Crippen LogP contribution is -2.30. The van der Waals surface area contributed by atoms with Crippen molar-refractivity contribution in [3.8, 4) is 11.5 Å². The van der Waals surface area contributed by atoms with E-state index >= 15 is 0 Å². The van der Waals surface area contributed by atoms with E-state index in [4.69, 9.17) is 9.47 Å². The molecule has 3 atom stereocenters. The van der Waals surface area contributed by atoms with Gasteiger partial charge < -0.3 is 19.9 Å². The molecule has 0 aliphatic heterocycles. The summed E-state index contributed by atoms with van der Waals surface area (Å²) in [6.07, 6.45) is 4.06. The third kappa shape index (κ3) is 3.89. The summed E-state index contributed by atoms with van der Waals surface area (Å²) < 4.78 is 10.7. The molecule has 4 heteroatoms. The maximum atomic E-state index is 9.92. The minimum absolute atomic E-state index is 0.139. The van der Waals surface area contributed by atoms with Crippen molar-refractivity contribution in [1.82, 2.24) is 5.32 Å². The van der Waals surface area contributed by atoms with Crippen LogP contribution in [0.4, 0.5) is 0 Å². The van der Waals surface area contributed by atoms with Crippen molar-refractivity contribution in [2.75, 3.05) is 20.8 Å². The van der Waals surface area contributed by atoms with Crippen LogP contribution in [0.15, 0.2) is 18.2 Å². The molecule has 118 valence electrons. The van der Waals surface area contributed by atoms with Gasteiger partial charge in [-0.25, -0.2) is 0 Å². The third-order valence-electron chi connectivity index (χ3n) is 4.46. The maximum absolute atomic E-state index is 9.92. The van der Waals surface area contributed by atoms with Gasteiger partial charge in [-0.2, -0.15) is 0 Å². The van der Waals surface area contributed by atoms with E-state index < -0.39 is 0 Å². The molecule has 0 saturated heterocycles. The molecular weight excluding hydrogens is 266 g/mol. The van der Waals surface area contributed by atoms with Crippen molar-refractivity contribution in [3.05, 3.63) is 23.8 Å². The van der Waals surface area contributed by atoms with Crippen LogP contribution in [-0.4, -0.2) is 32.0 Å². The van der Waals surface area contributed by atoms with Crippen molar-refractivity contribution in [3.63, 3.8) is 0 Å². The predicted octanol–water partition coefficient (Wildman–Crippen LogP) is 2.91. The average Bonchev–Trinajstić information content (AvgIpc) is 2.93. The Labute approximate surface area is 127 Å². The Bertz CT molecular complexity index is 450. The molecule has 0 heterocycles. The van der Waals surface area contributed by atoms with E-state index in [0.717, 1.165) is 43.7 Å². The molecule has 2 rings (SSSR count). The van der Waals surface area contributed by atoms with Gasteiger partial charge in [0.15, 0.2) is 11.5 Å². The van der Waals surface area contributed by atoms with Crippen molar-refractivity contribution < 1.29 is 14.6 Å². The summed E-state index contributed by atoms with van der Waals surface area (Å²) >= 11 is 0. The van der Waals surface area contributed by atoms with E-state index in [1.54, 1.807) is 14.2 Å². The van der Waals surface area contributed by atoms with Crippen LogP contribution in [0.5, 0.6) is 11.5 Å². The highest BCUT2D eigenvalue weighted by Crippen LogP contribution is 2.31. The number of aliphatic hydroxyl groups is 1. The molecule has 1 aliphatic rings. The minimum Gasteiger partial charge on any atom is -0.493 e. The zero-order valence-corrected chi connectivity index (χ0v) is 13.3. The first-order chi connectivity index (χ1) is 10.2. The van der Waals surface area contributed by atoms with Crippen LogP contribution in [0.1, 0.15) is 44.2 Å². The quantitative estimate of drug-likeness (QED) is 0.811. The van der Waals surface area contributed by atoms with E-state index in [0.29, 0.717) is 5.92 Å². The first kappa shape index (κ1) is 16.1. The molecule has 1 saturated carbocycles. The van der Waals surface area contributed by atoms with E-state index in [1.807, 2.05) is 12.1 Å². The Kier molecular flexibility index (Phi) is 5.88. The van der Waals surface area contributed by atoms with Crippen LogP contribution in [-0.2, 0) is 0 Å². The Morgan fingerprint density at radius 2 is 2.00 bits per heavy atom. The lowest BCUT2D eigenvalue weighted by Gasteiger charge is -2.22. The minimum atomic E-state index is -0.139. The van der Waals surface area contributed by atoms with Crippen molar-refractivity contribution >= 4 is 0 Å². The van der Waals surface area contributed by atoms with Gasteiger partial charge in [0.05, 0.1) is 20.3 Å². The second-order valence-electron chi connectivity index (χ2n) is 5.74. The second-order valence-corrected chi connectivity index (χ2v) is 5.74. The molecule has 21 heavy (non-hydrogen) atoms. The molecule has 1 aromatic rings. The first-order valence-corrected chi connectivity index (χ1v) is 7.83. The predicted molar refractivity (Wildman–Crippen MR) is 83.9 cm³/mol. The summed E-state index contributed by atoms with van der Waals surface area (Å²) in [7, 11) is 3.31. The number of hydrogen-bond acceptors (Lipinski definition) is 4. The Morgan fingerprint density at radius 3 is 2.57 bits per heavy atom. The standard InChI is InChI=1S/C17H27NO3/c1-4-14(18-11-13-6-5-7-15(13)19)12-8-9-16(20-2)17(10-12)21-3/h8-10,13-15,18-19H,4-7,11H2,1-3H3. The summed E-state index contributed by atoms with van der Waals surface area (Å²) in [6.45, 7) is 3.04. The Hall–Kier alpha value is -1.26. The molecule has 1 fully saturated rings. The fraction of sp³-hybridized carbons (Fsp3) is 0.647. The van der Waals surface area contributed by atoms with Gasteiger partial charge in [-0.05, 0) is 42.9 Å². The highest BCUT2D eigenvalue weighted by molar-refractivity contribution is 5.43.